The van der Waals surface area contributed by atoms with Gasteiger partial charge >= 0.3 is 0 Å². The average molecular weight is 240 g/mol. The van der Waals surface area contributed by atoms with Gasteiger partial charge in [0.15, 0.2) is 0 Å². The van der Waals surface area contributed by atoms with Crippen molar-refractivity contribution in [1.82, 2.24) is 5.32 Å². The van der Waals surface area contributed by atoms with Crippen LogP contribution in [0.3, 0.4) is 0 Å². The number of amides is 1. The van der Waals surface area contributed by atoms with Gasteiger partial charge < -0.3 is 15.8 Å². The Labute approximate surface area is 103 Å². The topological polar surface area (TPSA) is 64.4 Å². The zero-order valence-electron chi connectivity index (χ0n) is 10.7. The van der Waals surface area contributed by atoms with E-state index in [0.29, 0.717) is 12.0 Å². The Morgan fingerprint density at radius 1 is 1.47 bits per heavy atom. The molecule has 1 amide bonds. The lowest BCUT2D eigenvalue weighted by Gasteiger charge is -2.41. The van der Waals surface area contributed by atoms with E-state index in [-0.39, 0.29) is 18.1 Å². The van der Waals surface area contributed by atoms with Crippen molar-refractivity contribution in [3.05, 3.63) is 0 Å². The summed E-state index contributed by atoms with van der Waals surface area (Å²) < 4.78 is 5.59. The molecule has 1 saturated carbocycles. The van der Waals surface area contributed by atoms with Gasteiger partial charge in [-0.1, -0.05) is 13.3 Å². The average Bonchev–Trinajstić information content (AvgIpc) is 2.76. The fourth-order valence-corrected chi connectivity index (χ4v) is 2.79. The predicted molar refractivity (Wildman–Crippen MR) is 66.5 cm³/mol. The molecule has 98 valence electrons. The number of hydrogen-bond donors (Lipinski definition) is 2. The predicted octanol–water partition coefficient (Wildman–Crippen LogP) is 1.19. The lowest BCUT2D eigenvalue weighted by molar-refractivity contribution is -0.132. The molecule has 3 N–H and O–H groups in total. The first-order valence-electron chi connectivity index (χ1n) is 6.82. The van der Waals surface area contributed by atoms with Gasteiger partial charge in [0.05, 0.1) is 6.10 Å². The molecule has 17 heavy (non-hydrogen) atoms. The van der Waals surface area contributed by atoms with Gasteiger partial charge in [0, 0.05) is 13.1 Å². The van der Waals surface area contributed by atoms with Crippen LogP contribution in [0.4, 0.5) is 0 Å². The molecule has 4 nitrogen and oxygen atoms in total. The molecule has 0 bridgehead atoms. The number of carbonyl (C=O) groups excluding carboxylic acids is 1. The Balaban J connectivity index is 1.74. The van der Waals surface area contributed by atoms with Crippen LogP contribution in [0.2, 0.25) is 0 Å². The number of nitrogens with one attached hydrogen (secondary N) is 1. The number of ether oxygens (including phenoxy) is 1. The molecule has 2 fully saturated rings. The molecule has 0 aromatic heterocycles. The third kappa shape index (κ3) is 2.80. The molecule has 0 spiro atoms. The van der Waals surface area contributed by atoms with Crippen LogP contribution in [0.15, 0.2) is 0 Å². The Hall–Kier alpha value is -0.610. The molecular weight excluding hydrogens is 216 g/mol. The zero-order valence-corrected chi connectivity index (χ0v) is 10.7. The van der Waals surface area contributed by atoms with Crippen molar-refractivity contribution in [2.24, 2.45) is 11.1 Å². The van der Waals surface area contributed by atoms with Gasteiger partial charge in [-0.15, -0.1) is 0 Å². The highest BCUT2D eigenvalue weighted by atomic mass is 16.5. The molecular formula is C13H24N2O2. The van der Waals surface area contributed by atoms with Crippen molar-refractivity contribution in [3.8, 4) is 0 Å². The summed E-state index contributed by atoms with van der Waals surface area (Å²) >= 11 is 0. The normalized spacial score (nSPS) is 30.9. The summed E-state index contributed by atoms with van der Waals surface area (Å²) in [4.78, 5) is 11.9. The molecule has 1 saturated heterocycles. The van der Waals surface area contributed by atoms with Crippen LogP contribution in [0.25, 0.3) is 0 Å². The Kier molecular flexibility index (Phi) is 4.05. The number of carbonyl (C=O) groups is 1. The van der Waals surface area contributed by atoms with Gasteiger partial charge in [-0.2, -0.15) is 0 Å². The molecule has 2 aliphatic rings. The summed E-state index contributed by atoms with van der Waals surface area (Å²) in [5.41, 5.74) is 5.91. The lowest BCUT2D eigenvalue weighted by Crippen LogP contribution is -2.45. The van der Waals surface area contributed by atoms with E-state index in [1.54, 1.807) is 0 Å². The lowest BCUT2D eigenvalue weighted by atomic mass is 9.67. The molecule has 2 unspecified atom stereocenters. The fraction of sp³-hybridized carbons (Fsp3) is 0.923. The van der Waals surface area contributed by atoms with Crippen molar-refractivity contribution in [2.75, 3.05) is 13.1 Å². The van der Waals surface area contributed by atoms with Crippen molar-refractivity contribution < 1.29 is 9.53 Å². The maximum Gasteiger partial charge on any atom is 0.249 e. The third-order valence-electron chi connectivity index (χ3n) is 4.46. The third-order valence-corrected chi connectivity index (χ3v) is 4.46. The molecule has 0 aromatic carbocycles. The SMILES string of the molecule is CCC1(CNC(=O)C2CCC(CN)O2)CCC1. The first kappa shape index (κ1) is 12.8. The van der Waals surface area contributed by atoms with Crippen LogP contribution in [0.5, 0.6) is 0 Å². The highest BCUT2D eigenvalue weighted by molar-refractivity contribution is 5.81. The minimum absolute atomic E-state index is 0.0562. The second-order valence-electron chi connectivity index (χ2n) is 5.48. The number of rotatable bonds is 5. The molecule has 4 heteroatoms. The molecule has 0 radical (unpaired) electrons. The van der Waals surface area contributed by atoms with Crippen LogP contribution in [-0.2, 0) is 9.53 Å². The maximum absolute atomic E-state index is 11.9. The van der Waals surface area contributed by atoms with Crippen LogP contribution in [0, 0.1) is 5.41 Å². The van der Waals surface area contributed by atoms with Gasteiger partial charge in [0.2, 0.25) is 5.91 Å². The molecule has 1 aliphatic carbocycles. The van der Waals surface area contributed by atoms with E-state index in [9.17, 15) is 4.79 Å². The van der Waals surface area contributed by atoms with E-state index < -0.39 is 0 Å². The Morgan fingerprint density at radius 3 is 2.71 bits per heavy atom. The van der Waals surface area contributed by atoms with E-state index in [4.69, 9.17) is 10.5 Å². The minimum atomic E-state index is -0.266. The maximum atomic E-state index is 11.9. The number of nitrogens with two attached hydrogens (primary N) is 1. The summed E-state index contributed by atoms with van der Waals surface area (Å²) in [7, 11) is 0. The summed E-state index contributed by atoms with van der Waals surface area (Å²) in [6, 6.07) is 0. The van der Waals surface area contributed by atoms with Crippen molar-refractivity contribution in [1.29, 1.82) is 0 Å². The van der Waals surface area contributed by atoms with Gasteiger partial charge in [-0.25, -0.2) is 0 Å². The molecule has 2 rings (SSSR count). The smallest absolute Gasteiger partial charge is 0.249 e. The zero-order chi connectivity index (χ0) is 12.3. The molecule has 0 aromatic rings. The first-order valence-corrected chi connectivity index (χ1v) is 6.82. The van der Waals surface area contributed by atoms with Crippen LogP contribution >= 0.6 is 0 Å². The monoisotopic (exact) mass is 240 g/mol. The Morgan fingerprint density at radius 2 is 2.24 bits per heavy atom. The summed E-state index contributed by atoms with van der Waals surface area (Å²) in [5, 5.41) is 3.06. The summed E-state index contributed by atoms with van der Waals surface area (Å²) in [5.74, 6) is 0.0562. The van der Waals surface area contributed by atoms with Gasteiger partial charge in [0.1, 0.15) is 6.10 Å². The molecule has 2 atom stereocenters. The van der Waals surface area contributed by atoms with Crippen molar-refractivity contribution in [3.63, 3.8) is 0 Å². The quantitative estimate of drug-likeness (QED) is 0.758. The highest BCUT2D eigenvalue weighted by Crippen LogP contribution is 2.43. The van der Waals surface area contributed by atoms with Gasteiger partial charge in [0.25, 0.3) is 0 Å². The largest absolute Gasteiger partial charge is 0.364 e. The molecule has 1 heterocycles. The van der Waals surface area contributed by atoms with Crippen LogP contribution in [0.1, 0.15) is 45.4 Å². The second-order valence-corrected chi connectivity index (χ2v) is 5.48. The van der Waals surface area contributed by atoms with E-state index in [2.05, 4.69) is 12.2 Å². The van der Waals surface area contributed by atoms with E-state index in [1.165, 1.54) is 19.3 Å². The van der Waals surface area contributed by atoms with E-state index in [0.717, 1.165) is 25.8 Å². The highest BCUT2D eigenvalue weighted by Gasteiger charge is 2.36. The standard InChI is InChI=1S/C13H24N2O2/c1-2-13(6-3-7-13)9-15-12(16)11-5-4-10(8-14)17-11/h10-11H,2-9,14H2,1H3,(H,15,16). The Bertz CT molecular complexity index is 271. The van der Waals surface area contributed by atoms with E-state index in [1.807, 2.05) is 0 Å². The molecule has 1 aliphatic heterocycles. The fourth-order valence-electron chi connectivity index (χ4n) is 2.79. The second kappa shape index (κ2) is 5.36. The van der Waals surface area contributed by atoms with E-state index >= 15 is 0 Å². The summed E-state index contributed by atoms with van der Waals surface area (Å²) in [6.07, 6.45) is 6.50. The first-order chi connectivity index (χ1) is 8.19. The van der Waals surface area contributed by atoms with Crippen LogP contribution < -0.4 is 11.1 Å². The van der Waals surface area contributed by atoms with Gasteiger partial charge in [-0.3, -0.25) is 4.79 Å². The van der Waals surface area contributed by atoms with Crippen LogP contribution in [-0.4, -0.2) is 31.2 Å². The summed E-state index contributed by atoms with van der Waals surface area (Å²) in [6.45, 7) is 3.54. The van der Waals surface area contributed by atoms with Crippen molar-refractivity contribution >= 4 is 5.91 Å². The van der Waals surface area contributed by atoms with Crippen molar-refractivity contribution in [2.45, 2.75) is 57.7 Å². The van der Waals surface area contributed by atoms with Gasteiger partial charge in [-0.05, 0) is 37.5 Å². The minimum Gasteiger partial charge on any atom is -0.364 e. The number of hydrogen-bond acceptors (Lipinski definition) is 3.